The summed E-state index contributed by atoms with van der Waals surface area (Å²) >= 11 is 1.89. The summed E-state index contributed by atoms with van der Waals surface area (Å²) in [4.78, 5) is 7.71. The van der Waals surface area contributed by atoms with Crippen molar-refractivity contribution in [3.05, 3.63) is 140 Å². The third kappa shape index (κ3) is 3.03. The third-order valence-corrected chi connectivity index (χ3v) is 9.51. The average molecular weight is 526 g/mol. The third-order valence-electron chi connectivity index (χ3n) is 8.40. The lowest BCUT2D eigenvalue weighted by Crippen LogP contribution is -2.62. The van der Waals surface area contributed by atoms with Crippen LogP contribution in [0.2, 0.25) is 0 Å². The SMILES string of the molecule is c1ccc(-c2cc3c4c(c2)N(c2ccccc2)c2ccccc2B4N2c4ccccc4Sc4cccc-3c42)cc1. The number of hydrogen-bond acceptors (Lipinski definition) is 3. The van der Waals surface area contributed by atoms with Gasteiger partial charge < -0.3 is 9.71 Å². The fraction of sp³-hybridized carbons (Fsp3) is 0. The number of rotatable bonds is 2. The molecule has 4 heteroatoms. The smallest absolute Gasteiger partial charge is 0.333 e. The molecule has 186 valence electrons. The van der Waals surface area contributed by atoms with E-state index in [4.69, 9.17) is 0 Å². The van der Waals surface area contributed by atoms with Crippen molar-refractivity contribution >= 4 is 58.0 Å². The van der Waals surface area contributed by atoms with Gasteiger partial charge in [-0.05, 0) is 76.1 Å². The first-order valence-corrected chi connectivity index (χ1v) is 14.6. The van der Waals surface area contributed by atoms with Crippen LogP contribution in [0, 0.1) is 0 Å². The summed E-state index contributed by atoms with van der Waals surface area (Å²) in [6.07, 6.45) is 0. The Bertz CT molecular complexity index is 1950. The number of fused-ring (bicyclic) bond motifs is 6. The molecule has 0 fully saturated rings. The van der Waals surface area contributed by atoms with E-state index in [0.717, 1.165) is 0 Å². The first-order chi connectivity index (χ1) is 19.9. The van der Waals surface area contributed by atoms with Crippen LogP contribution in [0.1, 0.15) is 0 Å². The summed E-state index contributed by atoms with van der Waals surface area (Å²) in [6.45, 7) is 0.0710. The van der Waals surface area contributed by atoms with Gasteiger partial charge in [0.2, 0.25) is 0 Å². The predicted molar refractivity (Wildman–Crippen MR) is 170 cm³/mol. The Hall–Kier alpha value is -4.67. The molecule has 0 saturated carbocycles. The minimum Gasteiger partial charge on any atom is -0.374 e. The maximum atomic E-state index is 2.62. The molecule has 3 aliphatic rings. The summed E-state index contributed by atoms with van der Waals surface area (Å²) in [6, 6.07) is 51.1. The van der Waals surface area contributed by atoms with Crippen molar-refractivity contribution in [3.63, 3.8) is 0 Å². The van der Waals surface area contributed by atoms with Gasteiger partial charge in [-0.2, -0.15) is 0 Å². The van der Waals surface area contributed by atoms with Gasteiger partial charge in [0.15, 0.2) is 0 Å². The summed E-state index contributed by atoms with van der Waals surface area (Å²) in [5, 5.41) is 0. The van der Waals surface area contributed by atoms with Gasteiger partial charge in [-0.15, -0.1) is 0 Å². The van der Waals surface area contributed by atoms with Crippen molar-refractivity contribution in [2.45, 2.75) is 9.79 Å². The molecule has 0 aromatic heterocycles. The number of nitrogens with zero attached hydrogens (tertiary/aromatic N) is 2. The van der Waals surface area contributed by atoms with E-state index in [1.54, 1.807) is 0 Å². The molecule has 0 saturated heterocycles. The zero-order valence-corrected chi connectivity index (χ0v) is 22.5. The zero-order chi connectivity index (χ0) is 26.2. The van der Waals surface area contributed by atoms with Gasteiger partial charge >= 0.3 is 6.85 Å². The van der Waals surface area contributed by atoms with Crippen molar-refractivity contribution in [2.75, 3.05) is 9.71 Å². The van der Waals surface area contributed by atoms with E-state index in [-0.39, 0.29) is 6.85 Å². The highest BCUT2D eigenvalue weighted by Crippen LogP contribution is 2.55. The van der Waals surface area contributed by atoms with Crippen LogP contribution < -0.4 is 20.6 Å². The second-order valence-electron chi connectivity index (χ2n) is 10.5. The second kappa shape index (κ2) is 8.42. The van der Waals surface area contributed by atoms with E-state index in [1.165, 1.54) is 71.4 Å². The topological polar surface area (TPSA) is 6.48 Å². The van der Waals surface area contributed by atoms with Crippen LogP contribution in [0.15, 0.2) is 149 Å². The molecule has 0 N–H and O–H groups in total. The van der Waals surface area contributed by atoms with Crippen molar-refractivity contribution < 1.29 is 0 Å². The van der Waals surface area contributed by atoms with Gasteiger partial charge in [0.1, 0.15) is 0 Å². The second-order valence-corrected chi connectivity index (χ2v) is 11.6. The molecular weight excluding hydrogens is 503 g/mol. The quantitative estimate of drug-likeness (QED) is 0.209. The van der Waals surface area contributed by atoms with Gasteiger partial charge in [-0.3, -0.25) is 0 Å². The maximum Gasteiger partial charge on any atom is 0.333 e. The molecular formula is C36H23BN2S. The first kappa shape index (κ1) is 22.2. The van der Waals surface area contributed by atoms with Crippen LogP contribution in [0.25, 0.3) is 22.3 Å². The van der Waals surface area contributed by atoms with Crippen LogP contribution in [0.4, 0.5) is 28.4 Å². The molecule has 0 radical (unpaired) electrons. The molecule has 9 rings (SSSR count). The van der Waals surface area contributed by atoms with Gasteiger partial charge in [-0.1, -0.05) is 103 Å². The summed E-state index contributed by atoms with van der Waals surface area (Å²) in [7, 11) is 0. The molecule has 0 aliphatic carbocycles. The Morgan fingerprint density at radius 3 is 2.05 bits per heavy atom. The highest BCUT2D eigenvalue weighted by atomic mass is 32.2. The van der Waals surface area contributed by atoms with E-state index >= 15 is 0 Å². The van der Waals surface area contributed by atoms with Crippen molar-refractivity contribution in [3.8, 4) is 22.3 Å². The molecule has 6 aromatic carbocycles. The summed E-state index contributed by atoms with van der Waals surface area (Å²) in [5.74, 6) is 0. The Kier molecular flexibility index (Phi) is 4.67. The molecule has 0 atom stereocenters. The van der Waals surface area contributed by atoms with Crippen molar-refractivity contribution in [1.82, 2.24) is 0 Å². The number of para-hydroxylation sites is 4. The number of hydrogen-bond donors (Lipinski definition) is 0. The molecule has 3 aliphatic heterocycles. The number of anilines is 5. The molecule has 2 nitrogen and oxygen atoms in total. The Morgan fingerprint density at radius 2 is 1.20 bits per heavy atom. The largest absolute Gasteiger partial charge is 0.374 e. The standard InChI is InChI=1S/C36H23BN2S/c1-3-12-24(13-4-1)25-22-28-27-16-11-21-34-36(27)39(31-19-9-10-20-33(31)40-34)37-29-17-7-8-18-30(29)38(32(23-25)35(28)37)26-14-5-2-6-15-26/h1-23H. The molecule has 0 spiro atoms. The molecule has 0 amide bonds. The zero-order valence-electron chi connectivity index (χ0n) is 21.7. The Balaban J connectivity index is 1.44. The van der Waals surface area contributed by atoms with Gasteiger partial charge in [0, 0.05) is 38.1 Å². The highest BCUT2D eigenvalue weighted by molar-refractivity contribution is 7.99. The lowest BCUT2D eigenvalue weighted by molar-refractivity contribution is 1.20. The lowest BCUT2D eigenvalue weighted by atomic mass is 9.43. The molecule has 40 heavy (non-hydrogen) atoms. The van der Waals surface area contributed by atoms with Gasteiger partial charge in [0.05, 0.1) is 5.69 Å². The minimum absolute atomic E-state index is 0.0710. The Labute approximate surface area is 238 Å². The molecule has 0 bridgehead atoms. The van der Waals surface area contributed by atoms with Crippen molar-refractivity contribution in [1.29, 1.82) is 0 Å². The van der Waals surface area contributed by atoms with Crippen LogP contribution in [-0.2, 0) is 0 Å². The van der Waals surface area contributed by atoms with Crippen molar-refractivity contribution in [2.24, 2.45) is 0 Å². The minimum atomic E-state index is 0.0710. The van der Waals surface area contributed by atoms with E-state index in [1.807, 2.05) is 11.8 Å². The van der Waals surface area contributed by atoms with E-state index < -0.39 is 0 Å². The van der Waals surface area contributed by atoms with Gasteiger partial charge in [-0.25, -0.2) is 0 Å². The predicted octanol–water partition coefficient (Wildman–Crippen LogP) is 8.53. The maximum absolute atomic E-state index is 2.62. The molecule has 0 unspecified atom stereocenters. The molecule has 6 aromatic rings. The van der Waals surface area contributed by atoms with E-state index in [9.17, 15) is 0 Å². The number of benzene rings is 6. The highest BCUT2D eigenvalue weighted by Gasteiger charge is 2.47. The van der Waals surface area contributed by atoms with E-state index in [2.05, 4.69) is 149 Å². The van der Waals surface area contributed by atoms with Crippen LogP contribution >= 0.6 is 11.8 Å². The van der Waals surface area contributed by atoms with Crippen LogP contribution in [-0.4, -0.2) is 6.85 Å². The average Bonchev–Trinajstić information content (AvgIpc) is 3.03. The fourth-order valence-corrected chi connectivity index (χ4v) is 7.89. The van der Waals surface area contributed by atoms with E-state index in [0.29, 0.717) is 0 Å². The van der Waals surface area contributed by atoms with Crippen LogP contribution in [0.5, 0.6) is 0 Å². The fourth-order valence-electron chi connectivity index (χ4n) is 6.78. The molecule has 3 heterocycles. The normalized spacial score (nSPS) is 13.8. The van der Waals surface area contributed by atoms with Crippen LogP contribution in [0.3, 0.4) is 0 Å². The summed E-state index contributed by atoms with van der Waals surface area (Å²) in [5.41, 5.74) is 14.1. The monoisotopic (exact) mass is 526 g/mol. The summed E-state index contributed by atoms with van der Waals surface area (Å²) < 4.78 is 0. The van der Waals surface area contributed by atoms with Gasteiger partial charge in [0.25, 0.3) is 0 Å². The Morgan fingerprint density at radius 1 is 0.500 bits per heavy atom. The lowest BCUT2D eigenvalue weighted by Gasteiger charge is -2.48. The first-order valence-electron chi connectivity index (χ1n) is 13.7.